The van der Waals surface area contributed by atoms with Gasteiger partial charge in [0, 0.05) is 11.8 Å². The normalized spacial score (nSPS) is 11.9. The number of hydrogen-bond acceptors (Lipinski definition) is 6. The van der Waals surface area contributed by atoms with Crippen molar-refractivity contribution in [2.24, 2.45) is 0 Å². The first-order valence-corrected chi connectivity index (χ1v) is 10.1. The lowest BCUT2D eigenvalue weighted by molar-refractivity contribution is -0.116. The van der Waals surface area contributed by atoms with Gasteiger partial charge in [-0.25, -0.2) is 4.98 Å². The molecule has 4 aromatic rings. The van der Waals surface area contributed by atoms with Crippen molar-refractivity contribution in [2.45, 2.75) is 6.54 Å². The molecule has 2 heterocycles. The molecule has 0 aliphatic carbocycles. The Bertz CT molecular complexity index is 1450. The third-order valence-corrected chi connectivity index (χ3v) is 5.13. The van der Waals surface area contributed by atoms with Crippen LogP contribution in [0.3, 0.4) is 0 Å². The van der Waals surface area contributed by atoms with Crippen LogP contribution < -0.4 is 25.7 Å². The number of ether oxygens (including phenoxy) is 2. The molecule has 0 radical (unpaired) electrons. The van der Waals surface area contributed by atoms with E-state index in [0.717, 1.165) is 0 Å². The van der Waals surface area contributed by atoms with E-state index in [9.17, 15) is 14.4 Å². The Hall–Kier alpha value is -4.66. The Kier molecular flexibility index (Phi) is 5.19. The smallest absolute Gasteiger partial charge is 0.269 e. The summed E-state index contributed by atoms with van der Waals surface area (Å²) < 4.78 is 12.0. The van der Waals surface area contributed by atoms with Gasteiger partial charge in [-0.3, -0.25) is 19.0 Å². The summed E-state index contributed by atoms with van der Waals surface area (Å²) in [6, 6.07) is 18.8. The van der Waals surface area contributed by atoms with E-state index in [4.69, 9.17) is 9.47 Å². The lowest BCUT2D eigenvalue weighted by Gasteiger charge is -2.13. The molecule has 0 bridgehead atoms. The van der Waals surface area contributed by atoms with Gasteiger partial charge in [-0.2, -0.15) is 0 Å². The van der Waals surface area contributed by atoms with Gasteiger partial charge in [0.25, 0.3) is 11.5 Å². The Morgan fingerprint density at radius 3 is 2.64 bits per heavy atom. The van der Waals surface area contributed by atoms with Crippen molar-refractivity contribution in [1.29, 1.82) is 0 Å². The van der Waals surface area contributed by atoms with Gasteiger partial charge < -0.3 is 20.1 Å². The lowest BCUT2D eigenvalue weighted by Crippen LogP contribution is -2.28. The summed E-state index contributed by atoms with van der Waals surface area (Å²) in [5.74, 6) is 0.303. The molecule has 0 atom stereocenters. The highest BCUT2D eigenvalue weighted by Gasteiger charge is 2.17. The number of carbonyl (C=O) groups is 2. The number of hydrogen-bond donors (Lipinski definition) is 2. The molecule has 0 saturated carbocycles. The predicted molar refractivity (Wildman–Crippen MR) is 122 cm³/mol. The van der Waals surface area contributed by atoms with Crippen molar-refractivity contribution in [2.75, 3.05) is 17.4 Å². The quantitative estimate of drug-likeness (QED) is 0.492. The van der Waals surface area contributed by atoms with Crippen LogP contribution in [-0.4, -0.2) is 28.2 Å². The molecule has 2 amide bonds. The Morgan fingerprint density at radius 1 is 0.939 bits per heavy atom. The van der Waals surface area contributed by atoms with E-state index in [2.05, 4.69) is 15.6 Å². The largest absolute Gasteiger partial charge is 0.454 e. The third-order valence-electron chi connectivity index (χ3n) is 5.13. The minimum Gasteiger partial charge on any atom is -0.454 e. The van der Waals surface area contributed by atoms with Crippen LogP contribution >= 0.6 is 0 Å². The maximum Gasteiger partial charge on any atom is 0.269 e. The van der Waals surface area contributed by atoms with Crippen molar-refractivity contribution in [3.05, 3.63) is 88.8 Å². The number of nitrogens with one attached hydrogen (secondary N) is 2. The zero-order valence-electron chi connectivity index (χ0n) is 17.3. The highest BCUT2D eigenvalue weighted by Crippen LogP contribution is 2.34. The van der Waals surface area contributed by atoms with Gasteiger partial charge in [0.2, 0.25) is 12.7 Å². The second-order valence-corrected chi connectivity index (χ2v) is 7.29. The molecule has 0 saturated heterocycles. The van der Waals surface area contributed by atoms with Crippen molar-refractivity contribution in [3.63, 3.8) is 0 Å². The average Bonchev–Trinajstić information content (AvgIpc) is 3.29. The van der Waals surface area contributed by atoms with Crippen molar-refractivity contribution < 1.29 is 19.1 Å². The predicted octanol–water partition coefficient (Wildman–Crippen LogP) is 3.02. The molecule has 1 aliphatic heterocycles. The Morgan fingerprint density at radius 2 is 1.73 bits per heavy atom. The van der Waals surface area contributed by atoms with E-state index in [1.165, 1.54) is 10.8 Å². The topological polar surface area (TPSA) is 112 Å². The maximum atomic E-state index is 12.9. The van der Waals surface area contributed by atoms with Crippen LogP contribution in [0.25, 0.3) is 11.0 Å². The summed E-state index contributed by atoms with van der Waals surface area (Å²) in [4.78, 5) is 42.1. The van der Waals surface area contributed by atoms with E-state index in [-0.39, 0.29) is 18.9 Å². The molecular weight excluding hydrogens is 424 g/mol. The minimum absolute atomic E-state index is 0.136. The highest BCUT2D eigenvalue weighted by atomic mass is 16.7. The van der Waals surface area contributed by atoms with Crippen molar-refractivity contribution in [3.8, 4) is 11.5 Å². The first-order chi connectivity index (χ1) is 16.1. The summed E-state index contributed by atoms with van der Waals surface area (Å²) in [6.07, 6.45) is 1.18. The van der Waals surface area contributed by atoms with Crippen LogP contribution in [0.1, 0.15) is 10.4 Å². The molecule has 1 aliphatic rings. The molecule has 5 rings (SSSR count). The summed E-state index contributed by atoms with van der Waals surface area (Å²) in [5.41, 5.74) is 1.89. The molecule has 9 nitrogen and oxygen atoms in total. The summed E-state index contributed by atoms with van der Waals surface area (Å²) in [6.45, 7) is -0.0859. The standard InChI is InChI=1S/C24H18N4O5/c29-22(13-28-19-8-4-3-7-18(19)25-12-23(28)30)27-17-6-2-1-5-16(17)24(31)26-15-9-10-20-21(11-15)33-14-32-20/h1-12H,13-14H2,(H,26,31)(H,27,29). The van der Waals surface area contributed by atoms with Gasteiger partial charge in [0.15, 0.2) is 11.5 Å². The van der Waals surface area contributed by atoms with Gasteiger partial charge in [0.05, 0.1) is 28.5 Å². The van der Waals surface area contributed by atoms with E-state index < -0.39 is 17.4 Å². The molecule has 164 valence electrons. The number of rotatable bonds is 5. The zero-order valence-corrected chi connectivity index (χ0v) is 17.3. The zero-order chi connectivity index (χ0) is 22.8. The average molecular weight is 442 g/mol. The molecule has 33 heavy (non-hydrogen) atoms. The van der Waals surface area contributed by atoms with E-state index >= 15 is 0 Å². The first kappa shape index (κ1) is 20.3. The molecule has 2 N–H and O–H groups in total. The Labute approximate surface area is 187 Å². The van der Waals surface area contributed by atoms with Crippen LogP contribution in [-0.2, 0) is 11.3 Å². The fraction of sp³-hybridized carbons (Fsp3) is 0.0833. The van der Waals surface area contributed by atoms with E-state index in [1.54, 1.807) is 66.7 Å². The molecule has 1 aromatic heterocycles. The molecule has 0 unspecified atom stereocenters. The second-order valence-electron chi connectivity index (χ2n) is 7.29. The fourth-order valence-corrected chi connectivity index (χ4v) is 3.57. The molecule has 9 heteroatoms. The first-order valence-electron chi connectivity index (χ1n) is 10.1. The fourth-order valence-electron chi connectivity index (χ4n) is 3.57. The number of benzene rings is 3. The number of aromatic nitrogens is 2. The van der Waals surface area contributed by atoms with Gasteiger partial charge in [-0.1, -0.05) is 24.3 Å². The summed E-state index contributed by atoms with van der Waals surface area (Å²) >= 11 is 0. The third kappa shape index (κ3) is 4.11. The molecular formula is C24H18N4O5. The van der Waals surface area contributed by atoms with E-state index in [0.29, 0.717) is 33.9 Å². The molecule has 3 aromatic carbocycles. The van der Waals surface area contributed by atoms with Crippen LogP contribution in [0.15, 0.2) is 77.7 Å². The van der Waals surface area contributed by atoms with Gasteiger partial charge in [-0.05, 0) is 36.4 Å². The maximum absolute atomic E-state index is 12.9. The van der Waals surface area contributed by atoms with Gasteiger partial charge in [-0.15, -0.1) is 0 Å². The van der Waals surface area contributed by atoms with Gasteiger partial charge >= 0.3 is 0 Å². The number of anilines is 2. The number of para-hydroxylation sites is 3. The van der Waals surface area contributed by atoms with Crippen LogP contribution in [0, 0.1) is 0 Å². The number of carbonyl (C=O) groups excluding carboxylic acids is 2. The van der Waals surface area contributed by atoms with Crippen LogP contribution in [0.2, 0.25) is 0 Å². The van der Waals surface area contributed by atoms with Gasteiger partial charge in [0.1, 0.15) is 6.54 Å². The van der Waals surface area contributed by atoms with Crippen molar-refractivity contribution >= 4 is 34.2 Å². The van der Waals surface area contributed by atoms with E-state index in [1.807, 2.05) is 0 Å². The second kappa shape index (κ2) is 8.46. The van der Waals surface area contributed by atoms with Crippen LogP contribution in [0.4, 0.5) is 11.4 Å². The van der Waals surface area contributed by atoms with Crippen molar-refractivity contribution in [1.82, 2.24) is 9.55 Å². The van der Waals surface area contributed by atoms with Crippen LogP contribution in [0.5, 0.6) is 11.5 Å². The summed E-state index contributed by atoms with van der Waals surface area (Å²) in [5, 5.41) is 5.53. The SMILES string of the molecule is O=C(Cn1c(=O)cnc2ccccc21)Nc1ccccc1C(=O)Nc1ccc2c(c1)OCO2. The molecule has 0 spiro atoms. The molecule has 0 fully saturated rings. The monoisotopic (exact) mass is 442 g/mol. The number of fused-ring (bicyclic) bond motifs is 2. The number of amides is 2. The summed E-state index contributed by atoms with van der Waals surface area (Å²) in [7, 11) is 0. The Balaban J connectivity index is 1.35. The number of nitrogens with zero attached hydrogens (tertiary/aromatic N) is 2. The lowest BCUT2D eigenvalue weighted by atomic mass is 10.1. The highest BCUT2D eigenvalue weighted by molar-refractivity contribution is 6.10. The minimum atomic E-state index is -0.447.